The van der Waals surface area contributed by atoms with Crippen LogP contribution in [0.15, 0.2) is 48.5 Å². The van der Waals surface area contributed by atoms with Crippen LogP contribution in [0.1, 0.15) is 12.0 Å². The van der Waals surface area contributed by atoms with Crippen LogP contribution in [0.25, 0.3) is 11.1 Å². The number of para-hydroxylation sites is 1. The number of benzene rings is 2. The molecule has 1 aliphatic heterocycles. The van der Waals surface area contributed by atoms with E-state index >= 15 is 0 Å². The summed E-state index contributed by atoms with van der Waals surface area (Å²) in [6.45, 7) is 2.11. The van der Waals surface area contributed by atoms with Gasteiger partial charge in [0.15, 0.2) is 0 Å². The molecule has 1 saturated heterocycles. The number of likely N-dealkylation sites (tertiary alicyclic amines) is 1. The topological polar surface area (TPSA) is 38.8 Å². The third kappa shape index (κ3) is 4.20. The average molecular weight is 339 g/mol. The summed E-state index contributed by atoms with van der Waals surface area (Å²) in [5.41, 5.74) is 3.50. The largest absolute Gasteiger partial charge is 0.496 e. The number of carbonyl (C=O) groups excluding carboxylic acids is 1. The Morgan fingerprint density at radius 2 is 1.96 bits per heavy atom. The van der Waals surface area contributed by atoms with E-state index in [9.17, 15) is 4.79 Å². The fourth-order valence-corrected chi connectivity index (χ4v) is 3.49. The molecule has 0 aliphatic carbocycles. The number of rotatable bonds is 7. The fraction of sp³-hybridized carbons (Fsp3) is 0.381. The van der Waals surface area contributed by atoms with Gasteiger partial charge in [-0.05, 0) is 29.5 Å². The molecule has 0 spiro atoms. The quantitative estimate of drug-likeness (QED) is 0.776. The van der Waals surface area contributed by atoms with Crippen molar-refractivity contribution in [2.45, 2.75) is 12.8 Å². The van der Waals surface area contributed by atoms with E-state index in [1.165, 1.54) is 5.56 Å². The Morgan fingerprint density at radius 3 is 2.76 bits per heavy atom. The van der Waals surface area contributed by atoms with Crippen molar-refractivity contribution in [1.29, 1.82) is 0 Å². The number of methoxy groups -OCH3 is 2. The van der Waals surface area contributed by atoms with Crippen molar-refractivity contribution in [3.05, 3.63) is 54.1 Å². The molecule has 0 N–H and O–H groups in total. The highest BCUT2D eigenvalue weighted by Crippen LogP contribution is 2.31. The second-order valence-electron chi connectivity index (χ2n) is 6.51. The van der Waals surface area contributed by atoms with Gasteiger partial charge in [-0.1, -0.05) is 42.5 Å². The fourth-order valence-electron chi connectivity index (χ4n) is 3.49. The van der Waals surface area contributed by atoms with Gasteiger partial charge < -0.3 is 14.4 Å². The highest BCUT2D eigenvalue weighted by atomic mass is 16.5. The summed E-state index contributed by atoms with van der Waals surface area (Å²) in [4.78, 5) is 14.0. The molecule has 0 radical (unpaired) electrons. The molecule has 1 amide bonds. The van der Waals surface area contributed by atoms with E-state index in [0.29, 0.717) is 25.5 Å². The molecule has 0 saturated carbocycles. The smallest absolute Gasteiger partial charge is 0.223 e. The summed E-state index contributed by atoms with van der Waals surface area (Å²) in [7, 11) is 3.36. The van der Waals surface area contributed by atoms with Crippen LogP contribution in [0.5, 0.6) is 5.75 Å². The lowest BCUT2D eigenvalue weighted by atomic mass is 9.95. The lowest BCUT2D eigenvalue weighted by Gasteiger charge is -2.16. The van der Waals surface area contributed by atoms with E-state index in [2.05, 4.69) is 30.3 Å². The molecular weight excluding hydrogens is 314 g/mol. The van der Waals surface area contributed by atoms with Gasteiger partial charge in [-0.25, -0.2) is 0 Å². The highest BCUT2D eigenvalue weighted by Gasteiger charge is 2.29. The molecule has 25 heavy (non-hydrogen) atoms. The van der Waals surface area contributed by atoms with Crippen LogP contribution < -0.4 is 4.74 Å². The predicted octanol–water partition coefficient (Wildman–Crippen LogP) is 3.40. The summed E-state index contributed by atoms with van der Waals surface area (Å²) < 4.78 is 10.6. The second kappa shape index (κ2) is 8.17. The maximum absolute atomic E-state index is 12.1. The summed E-state index contributed by atoms with van der Waals surface area (Å²) in [6, 6.07) is 16.6. The minimum Gasteiger partial charge on any atom is -0.496 e. The van der Waals surface area contributed by atoms with Crippen LogP contribution >= 0.6 is 0 Å². The van der Waals surface area contributed by atoms with Crippen LogP contribution in [0, 0.1) is 5.92 Å². The van der Waals surface area contributed by atoms with Crippen molar-refractivity contribution >= 4 is 5.91 Å². The minimum absolute atomic E-state index is 0.239. The molecule has 132 valence electrons. The third-order valence-corrected chi connectivity index (χ3v) is 4.73. The molecular formula is C21H25NO3. The zero-order valence-electron chi connectivity index (χ0n) is 14.9. The molecule has 4 nitrogen and oxygen atoms in total. The molecule has 0 aromatic heterocycles. The SMILES string of the molecule is COCCN1C[C@@H](Cc2cccc(-c3ccccc3OC)c2)CC1=O. The predicted molar refractivity (Wildman–Crippen MR) is 98.7 cm³/mol. The molecule has 1 aliphatic rings. The Labute approximate surface area is 149 Å². The molecule has 2 aromatic rings. The molecule has 0 unspecified atom stereocenters. The number of amides is 1. The van der Waals surface area contributed by atoms with Gasteiger partial charge in [0.1, 0.15) is 5.75 Å². The van der Waals surface area contributed by atoms with Crippen molar-refractivity contribution in [1.82, 2.24) is 4.90 Å². The number of hydrogen-bond acceptors (Lipinski definition) is 3. The first-order valence-corrected chi connectivity index (χ1v) is 8.70. The average Bonchev–Trinajstić information content (AvgIpc) is 2.99. The van der Waals surface area contributed by atoms with Crippen LogP contribution in [0.2, 0.25) is 0 Å². The van der Waals surface area contributed by atoms with E-state index in [0.717, 1.165) is 29.8 Å². The third-order valence-electron chi connectivity index (χ3n) is 4.73. The van der Waals surface area contributed by atoms with E-state index in [4.69, 9.17) is 9.47 Å². The summed E-state index contributed by atoms with van der Waals surface area (Å²) in [5.74, 6) is 1.49. The molecule has 1 heterocycles. The number of carbonyl (C=O) groups is 1. The maximum atomic E-state index is 12.1. The van der Waals surface area contributed by atoms with E-state index in [1.807, 2.05) is 23.1 Å². The van der Waals surface area contributed by atoms with Gasteiger partial charge in [0.05, 0.1) is 13.7 Å². The van der Waals surface area contributed by atoms with Gasteiger partial charge in [-0.15, -0.1) is 0 Å². The number of nitrogens with zero attached hydrogens (tertiary/aromatic N) is 1. The summed E-state index contributed by atoms with van der Waals surface area (Å²) in [5, 5.41) is 0. The standard InChI is InChI=1S/C21H25NO3/c1-24-11-10-22-15-17(14-21(22)23)12-16-6-5-7-18(13-16)19-8-3-4-9-20(19)25-2/h3-9,13,17H,10-12,14-15H2,1-2H3/t17-/m0/s1. The Balaban J connectivity index is 1.71. The zero-order chi connectivity index (χ0) is 17.6. The van der Waals surface area contributed by atoms with Crippen LogP contribution in [0.3, 0.4) is 0 Å². The van der Waals surface area contributed by atoms with Crippen molar-refractivity contribution in [2.24, 2.45) is 5.92 Å². The van der Waals surface area contributed by atoms with Gasteiger partial charge in [-0.2, -0.15) is 0 Å². The van der Waals surface area contributed by atoms with Gasteiger partial charge in [0.2, 0.25) is 5.91 Å². The Bertz CT molecular complexity index is 729. The molecule has 1 fully saturated rings. The van der Waals surface area contributed by atoms with Gasteiger partial charge in [0, 0.05) is 32.2 Å². The van der Waals surface area contributed by atoms with E-state index in [1.54, 1.807) is 14.2 Å². The maximum Gasteiger partial charge on any atom is 0.223 e. The number of ether oxygens (including phenoxy) is 2. The van der Waals surface area contributed by atoms with Crippen molar-refractivity contribution in [2.75, 3.05) is 33.9 Å². The van der Waals surface area contributed by atoms with Gasteiger partial charge >= 0.3 is 0 Å². The Hall–Kier alpha value is -2.33. The summed E-state index contributed by atoms with van der Waals surface area (Å²) >= 11 is 0. The van der Waals surface area contributed by atoms with Crippen molar-refractivity contribution in [3.63, 3.8) is 0 Å². The molecule has 1 atom stereocenters. The van der Waals surface area contributed by atoms with Crippen molar-refractivity contribution in [3.8, 4) is 16.9 Å². The van der Waals surface area contributed by atoms with Gasteiger partial charge in [0.25, 0.3) is 0 Å². The number of hydrogen-bond donors (Lipinski definition) is 0. The molecule has 2 aromatic carbocycles. The Morgan fingerprint density at radius 1 is 1.12 bits per heavy atom. The highest BCUT2D eigenvalue weighted by molar-refractivity contribution is 5.78. The first-order chi connectivity index (χ1) is 12.2. The first-order valence-electron chi connectivity index (χ1n) is 8.70. The lowest BCUT2D eigenvalue weighted by molar-refractivity contribution is -0.128. The summed E-state index contributed by atoms with van der Waals surface area (Å²) in [6.07, 6.45) is 1.54. The zero-order valence-corrected chi connectivity index (χ0v) is 14.9. The normalized spacial score (nSPS) is 17.1. The lowest BCUT2D eigenvalue weighted by Crippen LogP contribution is -2.28. The van der Waals surface area contributed by atoms with E-state index < -0.39 is 0 Å². The molecule has 3 rings (SSSR count). The molecule has 0 bridgehead atoms. The van der Waals surface area contributed by atoms with Crippen LogP contribution in [-0.4, -0.2) is 44.7 Å². The van der Waals surface area contributed by atoms with Gasteiger partial charge in [-0.3, -0.25) is 4.79 Å². The van der Waals surface area contributed by atoms with Crippen LogP contribution in [-0.2, 0) is 16.0 Å². The van der Waals surface area contributed by atoms with Crippen molar-refractivity contribution < 1.29 is 14.3 Å². The minimum atomic E-state index is 0.239. The first kappa shape index (κ1) is 17.5. The van der Waals surface area contributed by atoms with Crippen LogP contribution in [0.4, 0.5) is 0 Å². The monoisotopic (exact) mass is 339 g/mol. The Kier molecular flexibility index (Phi) is 5.71. The second-order valence-corrected chi connectivity index (χ2v) is 6.51. The van der Waals surface area contributed by atoms with E-state index in [-0.39, 0.29) is 5.91 Å². The molecule has 4 heteroatoms.